The van der Waals surface area contributed by atoms with Gasteiger partial charge in [0.1, 0.15) is 0 Å². The van der Waals surface area contributed by atoms with E-state index in [4.69, 9.17) is 9.79 Å². The molecular formula is C9H20N2O4P. The van der Waals surface area contributed by atoms with Gasteiger partial charge in [0.05, 0.1) is 6.61 Å². The first-order valence-corrected chi connectivity index (χ1v) is 7.13. The highest BCUT2D eigenvalue weighted by Gasteiger charge is 2.19. The standard InChI is InChI=1S/C9H20N2O4P/c1-2-11(6-7-15-16(12,13)14)8-9-4-3-5-10-9/h9H,2-8H2,1H3,(H2,12,13,14). The van der Waals surface area contributed by atoms with Crippen molar-refractivity contribution in [2.75, 3.05) is 32.8 Å². The normalized spacial score (nSPS) is 21.9. The van der Waals surface area contributed by atoms with Gasteiger partial charge in [-0.05, 0) is 19.4 Å². The number of likely N-dealkylation sites (N-methyl/N-ethyl adjacent to an activating group) is 1. The van der Waals surface area contributed by atoms with Crippen LogP contribution in [-0.4, -0.2) is 53.5 Å². The van der Waals surface area contributed by atoms with E-state index < -0.39 is 7.82 Å². The van der Waals surface area contributed by atoms with E-state index in [0.717, 1.165) is 32.5 Å². The molecule has 0 aromatic heterocycles. The minimum absolute atomic E-state index is 0.0604. The average Bonchev–Trinajstić information content (AvgIpc) is 2.67. The maximum atomic E-state index is 10.5. The zero-order valence-corrected chi connectivity index (χ0v) is 10.5. The molecule has 0 spiro atoms. The molecule has 0 aliphatic carbocycles. The van der Waals surface area contributed by atoms with Gasteiger partial charge in [-0.1, -0.05) is 6.92 Å². The van der Waals surface area contributed by atoms with Crippen LogP contribution in [0, 0.1) is 0 Å². The second-order valence-electron chi connectivity index (χ2n) is 3.92. The Labute approximate surface area is 96.2 Å². The Balaban J connectivity index is 2.18. The van der Waals surface area contributed by atoms with Gasteiger partial charge in [0.15, 0.2) is 0 Å². The number of rotatable bonds is 7. The van der Waals surface area contributed by atoms with E-state index in [1.54, 1.807) is 0 Å². The van der Waals surface area contributed by atoms with Gasteiger partial charge in [0, 0.05) is 25.7 Å². The Morgan fingerprint density at radius 1 is 1.56 bits per heavy atom. The minimum Gasteiger partial charge on any atom is -0.303 e. The van der Waals surface area contributed by atoms with Crippen LogP contribution in [0.5, 0.6) is 0 Å². The average molecular weight is 251 g/mol. The fourth-order valence-electron chi connectivity index (χ4n) is 1.81. The van der Waals surface area contributed by atoms with Crippen molar-refractivity contribution >= 4 is 7.82 Å². The highest BCUT2D eigenvalue weighted by Crippen LogP contribution is 2.35. The Bertz CT molecular complexity index is 240. The Kier molecular flexibility index (Phi) is 5.89. The van der Waals surface area contributed by atoms with Crippen LogP contribution in [0.1, 0.15) is 19.8 Å². The molecule has 2 N–H and O–H groups in total. The summed E-state index contributed by atoms with van der Waals surface area (Å²) >= 11 is 0. The fourth-order valence-corrected chi connectivity index (χ4v) is 2.13. The van der Waals surface area contributed by atoms with Crippen molar-refractivity contribution in [2.24, 2.45) is 0 Å². The van der Waals surface area contributed by atoms with Crippen molar-refractivity contribution in [3.8, 4) is 0 Å². The fraction of sp³-hybridized carbons (Fsp3) is 1.00. The summed E-state index contributed by atoms with van der Waals surface area (Å²) in [6.07, 6.45) is 2.27. The quantitative estimate of drug-likeness (QED) is 0.631. The highest BCUT2D eigenvalue weighted by molar-refractivity contribution is 7.46. The zero-order chi connectivity index (χ0) is 12.0. The third-order valence-corrected chi connectivity index (χ3v) is 3.18. The number of phosphoric ester groups is 1. The summed E-state index contributed by atoms with van der Waals surface area (Å²) < 4.78 is 14.9. The second-order valence-corrected chi connectivity index (χ2v) is 5.16. The third-order valence-electron chi connectivity index (χ3n) is 2.67. The molecule has 1 radical (unpaired) electrons. The topological polar surface area (TPSA) is 84.1 Å². The van der Waals surface area contributed by atoms with Crippen molar-refractivity contribution in [3.63, 3.8) is 0 Å². The van der Waals surface area contributed by atoms with E-state index in [1.165, 1.54) is 0 Å². The van der Waals surface area contributed by atoms with E-state index in [2.05, 4.69) is 14.7 Å². The molecule has 1 unspecified atom stereocenters. The molecule has 0 aromatic carbocycles. The minimum atomic E-state index is -4.32. The first-order valence-electron chi connectivity index (χ1n) is 5.60. The van der Waals surface area contributed by atoms with Crippen LogP contribution in [0.25, 0.3) is 0 Å². The van der Waals surface area contributed by atoms with Crippen molar-refractivity contribution in [2.45, 2.75) is 25.8 Å². The van der Waals surface area contributed by atoms with E-state index in [9.17, 15) is 4.57 Å². The van der Waals surface area contributed by atoms with Crippen LogP contribution in [-0.2, 0) is 9.09 Å². The van der Waals surface area contributed by atoms with Crippen molar-refractivity contribution in [3.05, 3.63) is 0 Å². The molecule has 0 aromatic rings. The van der Waals surface area contributed by atoms with Crippen molar-refractivity contribution < 1.29 is 18.9 Å². The van der Waals surface area contributed by atoms with Crippen LogP contribution < -0.4 is 5.32 Å². The lowest BCUT2D eigenvalue weighted by Crippen LogP contribution is -2.36. The summed E-state index contributed by atoms with van der Waals surface area (Å²) in [5.41, 5.74) is 0. The van der Waals surface area contributed by atoms with Gasteiger partial charge >= 0.3 is 7.82 Å². The molecule has 1 aliphatic heterocycles. The summed E-state index contributed by atoms with van der Waals surface area (Å²) in [6, 6.07) is 0.384. The Morgan fingerprint density at radius 2 is 2.31 bits per heavy atom. The lowest BCUT2D eigenvalue weighted by atomic mass is 10.2. The molecule has 1 saturated heterocycles. The van der Waals surface area contributed by atoms with Crippen LogP contribution in [0.2, 0.25) is 0 Å². The Hall–Kier alpha value is 0.0300. The van der Waals surface area contributed by atoms with E-state index in [-0.39, 0.29) is 6.61 Å². The highest BCUT2D eigenvalue weighted by atomic mass is 31.2. The van der Waals surface area contributed by atoms with Gasteiger partial charge in [0.2, 0.25) is 0 Å². The summed E-state index contributed by atoms with van der Waals surface area (Å²) in [5.74, 6) is 0. The number of hydrogen-bond donors (Lipinski definition) is 2. The predicted molar refractivity (Wildman–Crippen MR) is 60.1 cm³/mol. The van der Waals surface area contributed by atoms with Gasteiger partial charge < -0.3 is 9.79 Å². The summed E-state index contributed by atoms with van der Waals surface area (Å²) in [7, 11) is -4.32. The summed E-state index contributed by atoms with van der Waals surface area (Å²) in [5, 5.41) is 4.44. The monoisotopic (exact) mass is 251 g/mol. The zero-order valence-electron chi connectivity index (χ0n) is 9.58. The predicted octanol–water partition coefficient (Wildman–Crippen LogP) is 0.184. The van der Waals surface area contributed by atoms with Gasteiger partial charge in [-0.25, -0.2) is 9.88 Å². The molecule has 0 bridgehead atoms. The lowest BCUT2D eigenvalue weighted by Gasteiger charge is -2.23. The molecule has 1 aliphatic rings. The summed E-state index contributed by atoms with van der Waals surface area (Å²) in [4.78, 5) is 19.2. The number of phosphoric acid groups is 1. The van der Waals surface area contributed by atoms with Gasteiger partial charge in [-0.3, -0.25) is 9.42 Å². The van der Waals surface area contributed by atoms with Gasteiger partial charge in [0.25, 0.3) is 0 Å². The molecule has 1 heterocycles. The molecule has 1 atom stereocenters. The van der Waals surface area contributed by atoms with E-state index >= 15 is 0 Å². The first-order chi connectivity index (χ1) is 7.51. The molecular weight excluding hydrogens is 231 g/mol. The van der Waals surface area contributed by atoms with Crippen LogP contribution >= 0.6 is 7.82 Å². The third kappa shape index (κ3) is 5.94. The largest absolute Gasteiger partial charge is 0.469 e. The van der Waals surface area contributed by atoms with Crippen molar-refractivity contribution in [1.82, 2.24) is 10.2 Å². The molecule has 6 nitrogen and oxygen atoms in total. The van der Waals surface area contributed by atoms with Crippen LogP contribution in [0.4, 0.5) is 0 Å². The number of nitrogens with zero attached hydrogens (tertiary/aromatic N) is 2. The van der Waals surface area contributed by atoms with Gasteiger partial charge in [-0.15, -0.1) is 0 Å². The van der Waals surface area contributed by atoms with Crippen LogP contribution in [0.15, 0.2) is 0 Å². The Morgan fingerprint density at radius 3 is 2.81 bits per heavy atom. The second kappa shape index (κ2) is 6.69. The van der Waals surface area contributed by atoms with Gasteiger partial charge in [-0.2, -0.15) is 0 Å². The molecule has 95 valence electrons. The maximum absolute atomic E-state index is 10.5. The molecule has 1 fully saturated rings. The lowest BCUT2D eigenvalue weighted by molar-refractivity contribution is 0.159. The molecule has 7 heteroatoms. The SMILES string of the molecule is CCN(CCOP(=O)(O)O)CC1CCC[N]1. The summed E-state index contributed by atoms with van der Waals surface area (Å²) in [6.45, 7) is 5.27. The van der Waals surface area contributed by atoms with E-state index in [0.29, 0.717) is 12.6 Å². The maximum Gasteiger partial charge on any atom is 0.469 e. The van der Waals surface area contributed by atoms with E-state index in [1.807, 2.05) is 6.92 Å². The number of hydrogen-bond acceptors (Lipinski definition) is 3. The molecule has 0 saturated carbocycles. The van der Waals surface area contributed by atoms with Crippen LogP contribution in [0.3, 0.4) is 0 Å². The smallest absolute Gasteiger partial charge is 0.303 e. The molecule has 16 heavy (non-hydrogen) atoms. The van der Waals surface area contributed by atoms with Crippen molar-refractivity contribution in [1.29, 1.82) is 0 Å². The first kappa shape index (κ1) is 14.1. The molecule has 1 rings (SSSR count). The molecule has 0 amide bonds.